The standard InChI is InChI=1S/C28H32N2O5S/c1-4-15-28(16-5-2)26(31)25(27(32)35-28)24(20-11-12-20)21-7-6-8-22(17-21)30(3)36(33,34)23-13-9-19(18-29)10-14-23/h6-10,13-14,17,20,24,31H,4-5,11-12,15-16H2,1-3H3. The molecule has 1 fully saturated rings. The molecule has 2 aromatic carbocycles. The maximum absolute atomic E-state index is 13.3. The molecule has 36 heavy (non-hydrogen) atoms. The third-order valence-corrected chi connectivity index (χ3v) is 8.94. The highest BCUT2D eigenvalue weighted by atomic mass is 32.2. The number of anilines is 1. The van der Waals surface area contributed by atoms with E-state index in [9.17, 15) is 18.3 Å². The number of aliphatic hydroxyl groups is 1. The van der Waals surface area contributed by atoms with Crippen LogP contribution in [0.2, 0.25) is 0 Å². The molecule has 1 N–H and O–H groups in total. The minimum atomic E-state index is -3.87. The fourth-order valence-electron chi connectivity index (χ4n) is 5.19. The maximum atomic E-state index is 13.3. The Balaban J connectivity index is 1.72. The van der Waals surface area contributed by atoms with Gasteiger partial charge in [-0.05, 0) is 73.6 Å². The van der Waals surface area contributed by atoms with Gasteiger partial charge in [0.15, 0.2) is 5.60 Å². The van der Waals surface area contributed by atoms with Gasteiger partial charge in [0.25, 0.3) is 10.0 Å². The lowest BCUT2D eigenvalue weighted by Gasteiger charge is -2.27. The molecule has 2 aromatic rings. The van der Waals surface area contributed by atoms with Gasteiger partial charge in [0.2, 0.25) is 0 Å². The Hall–Kier alpha value is -3.31. The number of carbonyl (C=O) groups is 1. The van der Waals surface area contributed by atoms with Crippen molar-refractivity contribution in [1.29, 1.82) is 5.26 Å². The Kier molecular flexibility index (Phi) is 7.14. The largest absolute Gasteiger partial charge is 0.507 e. The third kappa shape index (κ3) is 4.60. The predicted octanol–water partition coefficient (Wildman–Crippen LogP) is 5.58. The van der Waals surface area contributed by atoms with Gasteiger partial charge in [0, 0.05) is 13.0 Å². The number of nitrogens with zero attached hydrogens (tertiary/aromatic N) is 2. The van der Waals surface area contributed by atoms with Crippen LogP contribution in [-0.4, -0.2) is 32.1 Å². The molecule has 190 valence electrons. The Labute approximate surface area is 213 Å². The summed E-state index contributed by atoms with van der Waals surface area (Å²) >= 11 is 0. The van der Waals surface area contributed by atoms with Gasteiger partial charge < -0.3 is 9.84 Å². The molecule has 1 atom stereocenters. The van der Waals surface area contributed by atoms with Gasteiger partial charge in [-0.2, -0.15) is 5.26 Å². The maximum Gasteiger partial charge on any atom is 0.339 e. The van der Waals surface area contributed by atoms with Crippen LogP contribution in [0.3, 0.4) is 0 Å². The van der Waals surface area contributed by atoms with E-state index in [1.54, 1.807) is 18.2 Å². The predicted molar refractivity (Wildman–Crippen MR) is 137 cm³/mol. The van der Waals surface area contributed by atoms with Gasteiger partial charge in [-0.3, -0.25) is 4.31 Å². The quantitative estimate of drug-likeness (QED) is 0.420. The minimum Gasteiger partial charge on any atom is -0.507 e. The van der Waals surface area contributed by atoms with Gasteiger partial charge in [-0.25, -0.2) is 13.2 Å². The van der Waals surface area contributed by atoms with Crippen molar-refractivity contribution in [3.8, 4) is 6.07 Å². The van der Waals surface area contributed by atoms with Crippen LogP contribution in [0.25, 0.3) is 0 Å². The zero-order chi connectivity index (χ0) is 26.1. The first-order chi connectivity index (χ1) is 17.2. The van der Waals surface area contributed by atoms with Gasteiger partial charge >= 0.3 is 5.97 Å². The van der Waals surface area contributed by atoms with Crippen LogP contribution in [0.4, 0.5) is 5.69 Å². The highest BCUT2D eigenvalue weighted by Gasteiger charge is 2.51. The van der Waals surface area contributed by atoms with E-state index in [0.717, 1.165) is 31.2 Å². The number of carbonyl (C=O) groups excluding carboxylic acids is 1. The number of aliphatic hydroxyl groups excluding tert-OH is 1. The van der Waals surface area contributed by atoms with E-state index in [1.165, 1.54) is 35.6 Å². The molecule has 1 saturated carbocycles. The minimum absolute atomic E-state index is 0.0389. The molecule has 7 nitrogen and oxygen atoms in total. The number of rotatable bonds is 10. The zero-order valence-electron chi connectivity index (χ0n) is 20.9. The molecular weight excluding hydrogens is 476 g/mol. The summed E-state index contributed by atoms with van der Waals surface area (Å²) in [7, 11) is -2.39. The number of sulfonamides is 1. The molecule has 0 saturated heterocycles. The highest BCUT2D eigenvalue weighted by molar-refractivity contribution is 7.92. The van der Waals surface area contributed by atoms with Crippen molar-refractivity contribution in [2.75, 3.05) is 11.4 Å². The molecular formula is C28H32N2O5S. The molecule has 0 aromatic heterocycles. The number of hydrogen-bond acceptors (Lipinski definition) is 6. The van der Waals surface area contributed by atoms with E-state index >= 15 is 0 Å². The molecule has 8 heteroatoms. The fourth-order valence-corrected chi connectivity index (χ4v) is 6.37. The molecule has 0 radical (unpaired) electrons. The first-order valence-electron chi connectivity index (χ1n) is 12.4. The van der Waals surface area contributed by atoms with Crippen LogP contribution < -0.4 is 4.31 Å². The molecule has 0 amide bonds. The summed E-state index contributed by atoms with van der Waals surface area (Å²) < 4.78 is 33.6. The SMILES string of the molecule is CCCC1(CCC)OC(=O)C(C(c2cccc(N(C)S(=O)(=O)c3ccc(C#N)cc3)c2)C2CC2)=C1O. The summed E-state index contributed by atoms with van der Waals surface area (Å²) in [6.45, 7) is 4.00. The third-order valence-electron chi connectivity index (χ3n) is 7.14. The van der Waals surface area contributed by atoms with Crippen molar-refractivity contribution >= 4 is 21.7 Å². The normalized spacial score (nSPS) is 18.0. The van der Waals surface area contributed by atoms with Crippen molar-refractivity contribution in [3.05, 3.63) is 71.0 Å². The van der Waals surface area contributed by atoms with E-state index in [1.807, 2.05) is 26.0 Å². The fraction of sp³-hybridized carbons (Fsp3) is 0.429. The molecule has 1 aliphatic carbocycles. The van der Waals surface area contributed by atoms with Crippen molar-refractivity contribution in [1.82, 2.24) is 0 Å². The number of ether oxygens (including phenoxy) is 1. The number of nitriles is 1. The summed E-state index contributed by atoms with van der Waals surface area (Å²) in [6, 6.07) is 14.9. The van der Waals surface area contributed by atoms with Crippen molar-refractivity contribution in [2.45, 2.75) is 68.8 Å². The molecule has 1 unspecified atom stereocenters. The van der Waals surface area contributed by atoms with Gasteiger partial charge in [0.05, 0.1) is 27.8 Å². The summed E-state index contributed by atoms with van der Waals surface area (Å²) in [5, 5.41) is 20.3. The topological polar surface area (TPSA) is 108 Å². The summed E-state index contributed by atoms with van der Waals surface area (Å²) in [6.07, 6.45) is 4.51. The molecule has 0 bridgehead atoms. The smallest absolute Gasteiger partial charge is 0.339 e. The highest BCUT2D eigenvalue weighted by Crippen LogP contribution is 2.52. The monoisotopic (exact) mass is 508 g/mol. The van der Waals surface area contributed by atoms with Crippen LogP contribution >= 0.6 is 0 Å². The van der Waals surface area contributed by atoms with E-state index < -0.39 is 21.6 Å². The lowest BCUT2D eigenvalue weighted by molar-refractivity contribution is -0.149. The summed E-state index contributed by atoms with van der Waals surface area (Å²) in [4.78, 5) is 13.2. The zero-order valence-corrected chi connectivity index (χ0v) is 21.7. The van der Waals surface area contributed by atoms with Crippen molar-refractivity contribution in [3.63, 3.8) is 0 Å². The Bertz CT molecular complexity index is 1310. The number of hydrogen-bond donors (Lipinski definition) is 1. The van der Waals surface area contributed by atoms with Crippen molar-refractivity contribution < 1.29 is 23.1 Å². The number of esters is 1. The molecule has 4 rings (SSSR count). The Morgan fingerprint density at radius 1 is 1.14 bits per heavy atom. The molecule has 1 aliphatic heterocycles. The average molecular weight is 509 g/mol. The lowest BCUT2D eigenvalue weighted by Crippen LogP contribution is -2.31. The Morgan fingerprint density at radius 2 is 1.78 bits per heavy atom. The van der Waals surface area contributed by atoms with E-state index in [-0.39, 0.29) is 22.5 Å². The van der Waals surface area contributed by atoms with Gasteiger partial charge in [-0.1, -0.05) is 38.8 Å². The van der Waals surface area contributed by atoms with Crippen LogP contribution in [-0.2, 0) is 19.6 Å². The number of benzene rings is 2. The van der Waals surface area contributed by atoms with Crippen LogP contribution in [0.5, 0.6) is 0 Å². The summed E-state index contributed by atoms with van der Waals surface area (Å²) in [5.74, 6) is -0.615. The Morgan fingerprint density at radius 3 is 2.33 bits per heavy atom. The van der Waals surface area contributed by atoms with Crippen LogP contribution in [0.15, 0.2) is 64.8 Å². The first-order valence-corrected chi connectivity index (χ1v) is 13.9. The van der Waals surface area contributed by atoms with Crippen molar-refractivity contribution in [2.24, 2.45) is 5.92 Å². The van der Waals surface area contributed by atoms with Gasteiger partial charge in [0.1, 0.15) is 5.76 Å². The summed E-state index contributed by atoms with van der Waals surface area (Å²) in [5.41, 5.74) is 0.941. The first kappa shape index (κ1) is 25.8. The van der Waals surface area contributed by atoms with Gasteiger partial charge in [-0.15, -0.1) is 0 Å². The molecule has 2 aliphatic rings. The number of cyclic esters (lactones) is 1. The average Bonchev–Trinajstić information content (AvgIpc) is 3.68. The van der Waals surface area contributed by atoms with E-state index in [4.69, 9.17) is 10.00 Å². The van der Waals surface area contributed by atoms with E-state index in [0.29, 0.717) is 29.7 Å². The molecule has 0 spiro atoms. The van der Waals surface area contributed by atoms with E-state index in [2.05, 4.69) is 0 Å². The van der Waals surface area contributed by atoms with Crippen LogP contribution in [0.1, 0.15) is 69.4 Å². The van der Waals surface area contributed by atoms with Crippen LogP contribution in [0, 0.1) is 17.2 Å². The lowest BCUT2D eigenvalue weighted by atomic mass is 9.82. The second-order valence-electron chi connectivity index (χ2n) is 9.66. The molecule has 1 heterocycles. The second kappa shape index (κ2) is 9.98. The second-order valence-corrected chi connectivity index (χ2v) is 11.6.